The first-order valence-corrected chi connectivity index (χ1v) is 6.69. The van der Waals surface area contributed by atoms with Crippen molar-refractivity contribution in [2.24, 2.45) is 5.92 Å². The third kappa shape index (κ3) is 4.38. The van der Waals surface area contributed by atoms with E-state index < -0.39 is 0 Å². The Bertz CT molecular complexity index is 227. The minimum atomic E-state index is 0.189. The normalized spacial score (nSPS) is 18.2. The molecule has 0 aromatic carbocycles. The van der Waals surface area contributed by atoms with Crippen molar-refractivity contribution in [2.45, 2.75) is 52.4 Å². The van der Waals surface area contributed by atoms with Crippen molar-refractivity contribution in [1.82, 2.24) is 4.90 Å². The fourth-order valence-corrected chi connectivity index (χ4v) is 2.37. The summed E-state index contributed by atoms with van der Waals surface area (Å²) in [5.74, 6) is 1.05. The van der Waals surface area contributed by atoms with E-state index in [4.69, 9.17) is 0 Å². The Labute approximate surface area is 99.7 Å². The van der Waals surface area contributed by atoms with E-state index in [1.807, 2.05) is 17.9 Å². The number of allylic oxidation sites excluding steroid dienone is 1. The topological polar surface area (TPSA) is 20.3 Å². The molecule has 16 heavy (non-hydrogen) atoms. The van der Waals surface area contributed by atoms with Crippen LogP contribution in [0.1, 0.15) is 52.4 Å². The van der Waals surface area contributed by atoms with Gasteiger partial charge >= 0.3 is 0 Å². The van der Waals surface area contributed by atoms with Gasteiger partial charge in [-0.1, -0.05) is 38.7 Å². The molecule has 1 rings (SSSR count). The number of hydrogen-bond acceptors (Lipinski definition) is 1. The number of piperidine rings is 1. The first kappa shape index (κ1) is 13.3. The Morgan fingerprint density at radius 2 is 2.00 bits per heavy atom. The summed E-state index contributed by atoms with van der Waals surface area (Å²) in [4.78, 5) is 13.6. The lowest BCUT2D eigenvalue weighted by atomic mass is 9.91. The van der Waals surface area contributed by atoms with Crippen LogP contribution in [0, 0.1) is 5.92 Å². The van der Waals surface area contributed by atoms with E-state index in [0.717, 1.165) is 19.0 Å². The predicted molar refractivity (Wildman–Crippen MR) is 68.3 cm³/mol. The third-order valence-corrected chi connectivity index (χ3v) is 3.45. The number of rotatable bonds is 5. The first-order chi connectivity index (χ1) is 7.77. The summed E-state index contributed by atoms with van der Waals surface area (Å²) in [5, 5.41) is 0. The molecule has 0 N–H and O–H groups in total. The van der Waals surface area contributed by atoms with Crippen LogP contribution in [0.25, 0.3) is 0 Å². The molecule has 2 nitrogen and oxygen atoms in total. The number of nitrogens with zero attached hydrogens (tertiary/aromatic N) is 1. The average Bonchev–Trinajstić information content (AvgIpc) is 2.30. The van der Waals surface area contributed by atoms with E-state index in [2.05, 4.69) is 6.92 Å². The van der Waals surface area contributed by atoms with Gasteiger partial charge in [0.25, 0.3) is 0 Å². The summed E-state index contributed by atoms with van der Waals surface area (Å²) >= 11 is 0. The van der Waals surface area contributed by atoms with Crippen molar-refractivity contribution < 1.29 is 4.79 Å². The summed E-state index contributed by atoms with van der Waals surface area (Å²) in [7, 11) is 0. The fraction of sp³-hybridized carbons (Fsp3) is 0.786. The molecule has 0 radical (unpaired) electrons. The molecule has 0 atom stereocenters. The molecule has 1 heterocycles. The molecule has 0 aromatic heterocycles. The minimum Gasteiger partial charge on any atom is -0.339 e. The monoisotopic (exact) mass is 223 g/mol. The van der Waals surface area contributed by atoms with Gasteiger partial charge in [-0.15, -0.1) is 0 Å². The molecule has 0 spiro atoms. The molecule has 2 heteroatoms. The van der Waals surface area contributed by atoms with Crippen LogP contribution in [0.2, 0.25) is 0 Å². The maximum atomic E-state index is 11.6. The molecule has 0 unspecified atom stereocenters. The second-order valence-corrected chi connectivity index (χ2v) is 4.76. The highest BCUT2D eigenvalue weighted by atomic mass is 16.2. The number of carbonyl (C=O) groups excluding carboxylic acids is 1. The van der Waals surface area contributed by atoms with E-state index in [-0.39, 0.29) is 5.91 Å². The Balaban J connectivity index is 2.20. The summed E-state index contributed by atoms with van der Waals surface area (Å²) in [6.07, 6.45) is 11.3. The van der Waals surface area contributed by atoms with E-state index in [1.165, 1.54) is 38.5 Å². The molecule has 0 aromatic rings. The third-order valence-electron chi connectivity index (χ3n) is 3.45. The second kappa shape index (κ2) is 7.48. The van der Waals surface area contributed by atoms with Crippen molar-refractivity contribution in [3.63, 3.8) is 0 Å². The number of hydrogen-bond donors (Lipinski definition) is 0. The van der Waals surface area contributed by atoms with Crippen molar-refractivity contribution >= 4 is 5.91 Å². The Hall–Kier alpha value is -0.790. The lowest BCUT2D eigenvalue weighted by Crippen LogP contribution is -2.37. The molecular formula is C14H25NO. The van der Waals surface area contributed by atoms with E-state index in [0.29, 0.717) is 0 Å². The Morgan fingerprint density at radius 1 is 1.31 bits per heavy atom. The highest BCUT2D eigenvalue weighted by molar-refractivity contribution is 5.87. The fourth-order valence-electron chi connectivity index (χ4n) is 2.37. The van der Waals surface area contributed by atoms with Gasteiger partial charge in [-0.3, -0.25) is 4.79 Å². The number of amides is 1. The van der Waals surface area contributed by atoms with Crippen molar-refractivity contribution in [1.29, 1.82) is 0 Å². The van der Waals surface area contributed by atoms with Crippen LogP contribution >= 0.6 is 0 Å². The smallest absolute Gasteiger partial charge is 0.246 e. The standard InChI is InChI=1S/C14H25NO/c1-3-5-6-8-13-9-11-15(12-10-13)14(16)7-4-2/h4,7,13H,3,5-6,8-12H2,1-2H3/b7-4+. The average molecular weight is 223 g/mol. The van der Waals surface area contributed by atoms with Gasteiger partial charge in [0.15, 0.2) is 0 Å². The Kier molecular flexibility index (Phi) is 6.20. The molecule has 1 aliphatic rings. The largest absolute Gasteiger partial charge is 0.339 e. The molecule has 1 saturated heterocycles. The number of carbonyl (C=O) groups is 1. The van der Waals surface area contributed by atoms with Gasteiger partial charge in [0, 0.05) is 13.1 Å². The van der Waals surface area contributed by atoms with Crippen LogP contribution in [0.4, 0.5) is 0 Å². The van der Waals surface area contributed by atoms with Gasteiger partial charge in [0.1, 0.15) is 0 Å². The minimum absolute atomic E-state index is 0.189. The molecule has 1 aliphatic heterocycles. The van der Waals surface area contributed by atoms with Gasteiger partial charge < -0.3 is 4.90 Å². The van der Waals surface area contributed by atoms with E-state index in [9.17, 15) is 4.79 Å². The summed E-state index contributed by atoms with van der Waals surface area (Å²) in [6.45, 7) is 6.06. The van der Waals surface area contributed by atoms with Crippen LogP contribution in [-0.2, 0) is 4.79 Å². The summed E-state index contributed by atoms with van der Waals surface area (Å²) in [5.41, 5.74) is 0. The predicted octanol–water partition coefficient (Wildman–Crippen LogP) is 3.38. The number of likely N-dealkylation sites (tertiary alicyclic amines) is 1. The van der Waals surface area contributed by atoms with Crippen molar-refractivity contribution in [3.05, 3.63) is 12.2 Å². The van der Waals surface area contributed by atoms with Gasteiger partial charge in [0.2, 0.25) is 5.91 Å². The van der Waals surface area contributed by atoms with Crippen LogP contribution in [0.3, 0.4) is 0 Å². The number of unbranched alkanes of at least 4 members (excludes halogenated alkanes) is 2. The van der Waals surface area contributed by atoms with Gasteiger partial charge in [0.05, 0.1) is 0 Å². The molecular weight excluding hydrogens is 198 g/mol. The van der Waals surface area contributed by atoms with Crippen molar-refractivity contribution in [3.8, 4) is 0 Å². The highest BCUT2D eigenvalue weighted by Crippen LogP contribution is 2.22. The van der Waals surface area contributed by atoms with E-state index in [1.54, 1.807) is 6.08 Å². The Morgan fingerprint density at radius 3 is 2.56 bits per heavy atom. The van der Waals surface area contributed by atoms with Crippen LogP contribution in [0.15, 0.2) is 12.2 Å². The molecule has 92 valence electrons. The molecule has 1 amide bonds. The van der Waals surface area contributed by atoms with Gasteiger partial charge in [-0.05, 0) is 31.8 Å². The zero-order valence-corrected chi connectivity index (χ0v) is 10.7. The maximum absolute atomic E-state index is 11.6. The maximum Gasteiger partial charge on any atom is 0.246 e. The lowest BCUT2D eigenvalue weighted by Gasteiger charge is -2.31. The zero-order valence-electron chi connectivity index (χ0n) is 10.7. The molecule has 0 bridgehead atoms. The quantitative estimate of drug-likeness (QED) is 0.517. The second-order valence-electron chi connectivity index (χ2n) is 4.76. The van der Waals surface area contributed by atoms with Crippen LogP contribution in [0.5, 0.6) is 0 Å². The van der Waals surface area contributed by atoms with Gasteiger partial charge in [-0.25, -0.2) is 0 Å². The highest BCUT2D eigenvalue weighted by Gasteiger charge is 2.20. The zero-order chi connectivity index (χ0) is 11.8. The van der Waals surface area contributed by atoms with Crippen molar-refractivity contribution in [2.75, 3.05) is 13.1 Å². The molecule has 1 fully saturated rings. The lowest BCUT2D eigenvalue weighted by molar-refractivity contribution is -0.127. The van der Waals surface area contributed by atoms with Crippen LogP contribution < -0.4 is 0 Å². The van der Waals surface area contributed by atoms with Crippen LogP contribution in [-0.4, -0.2) is 23.9 Å². The summed E-state index contributed by atoms with van der Waals surface area (Å²) in [6, 6.07) is 0. The SMILES string of the molecule is C/C=C/C(=O)N1CCC(CCCCC)CC1. The van der Waals surface area contributed by atoms with E-state index >= 15 is 0 Å². The summed E-state index contributed by atoms with van der Waals surface area (Å²) < 4.78 is 0. The molecule has 0 aliphatic carbocycles. The van der Waals surface area contributed by atoms with Gasteiger partial charge in [-0.2, -0.15) is 0 Å². The first-order valence-electron chi connectivity index (χ1n) is 6.69. The molecule has 0 saturated carbocycles.